The maximum Gasteiger partial charge on any atom is 0.225 e. The van der Waals surface area contributed by atoms with Crippen LogP contribution in [0.15, 0.2) is 43.0 Å². The van der Waals surface area contributed by atoms with E-state index in [2.05, 4.69) is 30.8 Å². The first-order valence-electron chi connectivity index (χ1n) is 8.60. The Hall–Kier alpha value is -2.05. The van der Waals surface area contributed by atoms with E-state index >= 15 is 0 Å². The van der Waals surface area contributed by atoms with Crippen LogP contribution in [0.5, 0.6) is 0 Å². The minimum Gasteiger partial charge on any atom is -0.371 e. The fourth-order valence-corrected chi connectivity index (χ4v) is 3.64. The van der Waals surface area contributed by atoms with Gasteiger partial charge in [0.1, 0.15) is 0 Å². The quantitative estimate of drug-likeness (QED) is 0.857. The largest absolute Gasteiger partial charge is 0.371 e. The summed E-state index contributed by atoms with van der Waals surface area (Å²) in [5, 5.41) is 0. The molecule has 0 bridgehead atoms. The monoisotopic (exact) mass is 325 g/mol. The van der Waals surface area contributed by atoms with Crippen molar-refractivity contribution in [3.8, 4) is 0 Å². The summed E-state index contributed by atoms with van der Waals surface area (Å²) in [6.45, 7) is 5.58. The number of morpholine rings is 1. The highest BCUT2D eigenvalue weighted by atomic mass is 16.5. The summed E-state index contributed by atoms with van der Waals surface area (Å²) in [6, 6.07) is 6.00. The molecule has 2 aromatic rings. The number of aromatic nitrogens is 3. The standard InChI is InChI=1S/C18H23N5O/c1-3-16(13-19-6-1)14-22-9-4-18(5-10-22)15-23(11-12-24-18)17-20-7-2-8-21-17/h1-3,6-8,13H,4-5,9-12,14-15H2. The van der Waals surface area contributed by atoms with Crippen molar-refractivity contribution in [2.24, 2.45) is 0 Å². The van der Waals surface area contributed by atoms with Crippen LogP contribution in [-0.2, 0) is 11.3 Å². The molecule has 24 heavy (non-hydrogen) atoms. The molecule has 6 nitrogen and oxygen atoms in total. The van der Waals surface area contributed by atoms with E-state index in [0.717, 1.165) is 58.1 Å². The van der Waals surface area contributed by atoms with Crippen molar-refractivity contribution in [2.45, 2.75) is 25.0 Å². The van der Waals surface area contributed by atoms with Crippen molar-refractivity contribution in [1.82, 2.24) is 19.9 Å². The summed E-state index contributed by atoms with van der Waals surface area (Å²) in [4.78, 5) is 17.7. The molecule has 0 saturated carbocycles. The number of rotatable bonds is 3. The highest BCUT2D eigenvalue weighted by Gasteiger charge is 2.40. The van der Waals surface area contributed by atoms with Gasteiger partial charge in [0.25, 0.3) is 0 Å². The van der Waals surface area contributed by atoms with E-state index < -0.39 is 0 Å². The summed E-state index contributed by atoms with van der Waals surface area (Å²) >= 11 is 0. The third kappa shape index (κ3) is 3.39. The van der Waals surface area contributed by atoms with Gasteiger partial charge in [-0.25, -0.2) is 9.97 Å². The average molecular weight is 325 g/mol. The van der Waals surface area contributed by atoms with Crippen molar-refractivity contribution in [3.63, 3.8) is 0 Å². The summed E-state index contributed by atoms with van der Waals surface area (Å²) in [5.74, 6) is 0.818. The Balaban J connectivity index is 1.37. The van der Waals surface area contributed by atoms with Gasteiger partial charge >= 0.3 is 0 Å². The van der Waals surface area contributed by atoms with Gasteiger partial charge in [0, 0.05) is 51.0 Å². The number of hydrogen-bond donors (Lipinski definition) is 0. The molecule has 0 aromatic carbocycles. The maximum atomic E-state index is 6.22. The fraction of sp³-hybridized carbons (Fsp3) is 0.500. The molecule has 0 unspecified atom stereocenters. The molecule has 6 heteroatoms. The van der Waals surface area contributed by atoms with Crippen LogP contribution in [0.25, 0.3) is 0 Å². The van der Waals surface area contributed by atoms with E-state index in [1.54, 1.807) is 12.4 Å². The van der Waals surface area contributed by atoms with Crippen LogP contribution in [0.2, 0.25) is 0 Å². The fourth-order valence-electron chi connectivity index (χ4n) is 3.64. The lowest BCUT2D eigenvalue weighted by atomic mass is 9.89. The highest BCUT2D eigenvalue weighted by molar-refractivity contribution is 5.30. The summed E-state index contributed by atoms with van der Waals surface area (Å²) in [6.07, 6.45) is 9.50. The predicted octanol–water partition coefficient (Wildman–Crippen LogP) is 1.74. The first-order valence-corrected chi connectivity index (χ1v) is 8.60. The van der Waals surface area contributed by atoms with E-state index in [9.17, 15) is 0 Å². The lowest BCUT2D eigenvalue weighted by Crippen LogP contribution is -2.57. The van der Waals surface area contributed by atoms with Crippen LogP contribution < -0.4 is 4.90 Å². The van der Waals surface area contributed by atoms with Crippen molar-refractivity contribution < 1.29 is 4.74 Å². The Kier molecular flexibility index (Phi) is 4.40. The number of hydrogen-bond acceptors (Lipinski definition) is 6. The summed E-state index contributed by atoms with van der Waals surface area (Å²) in [5.41, 5.74) is 1.22. The van der Waals surface area contributed by atoms with Crippen molar-refractivity contribution >= 4 is 5.95 Å². The van der Waals surface area contributed by atoms with Crippen molar-refractivity contribution in [1.29, 1.82) is 0 Å². The first-order chi connectivity index (χ1) is 11.8. The van der Waals surface area contributed by atoms with Crippen LogP contribution in [0, 0.1) is 0 Å². The second-order valence-corrected chi connectivity index (χ2v) is 6.64. The SMILES string of the molecule is c1cnc(N2CCOC3(CCN(Cc4cccnc4)CC3)C2)nc1. The molecular weight excluding hydrogens is 302 g/mol. The zero-order valence-electron chi connectivity index (χ0n) is 13.8. The van der Waals surface area contributed by atoms with Gasteiger partial charge in [-0.1, -0.05) is 6.07 Å². The molecule has 0 N–H and O–H groups in total. The van der Waals surface area contributed by atoms with Gasteiger partial charge in [-0.15, -0.1) is 0 Å². The van der Waals surface area contributed by atoms with Crippen LogP contribution in [0.3, 0.4) is 0 Å². The number of anilines is 1. The number of pyridine rings is 1. The molecule has 1 spiro atoms. The Morgan fingerprint density at radius 2 is 1.88 bits per heavy atom. The van der Waals surface area contributed by atoms with E-state index in [0.29, 0.717) is 0 Å². The van der Waals surface area contributed by atoms with Gasteiger partial charge in [0.2, 0.25) is 5.95 Å². The van der Waals surface area contributed by atoms with Crippen LogP contribution in [-0.4, -0.2) is 58.2 Å². The zero-order valence-corrected chi connectivity index (χ0v) is 13.8. The Labute approximate surface area is 142 Å². The highest BCUT2D eigenvalue weighted by Crippen LogP contribution is 2.31. The lowest BCUT2D eigenvalue weighted by Gasteiger charge is -2.47. The van der Waals surface area contributed by atoms with E-state index in [-0.39, 0.29) is 5.60 Å². The normalized spacial score (nSPS) is 21.1. The molecule has 2 aliphatic rings. The summed E-state index contributed by atoms with van der Waals surface area (Å²) in [7, 11) is 0. The minimum absolute atomic E-state index is 0.0527. The molecule has 0 amide bonds. The first kappa shape index (κ1) is 15.5. The number of likely N-dealkylation sites (tertiary alicyclic amines) is 1. The molecule has 2 aliphatic heterocycles. The van der Waals surface area contributed by atoms with Crippen molar-refractivity contribution in [2.75, 3.05) is 37.7 Å². The number of ether oxygens (including phenoxy) is 1. The molecule has 2 aromatic heterocycles. The molecule has 0 aliphatic carbocycles. The minimum atomic E-state index is -0.0527. The Bertz CT molecular complexity index is 643. The molecule has 4 heterocycles. The van der Waals surface area contributed by atoms with Crippen LogP contribution in [0.1, 0.15) is 18.4 Å². The number of nitrogens with zero attached hydrogens (tertiary/aromatic N) is 5. The second kappa shape index (κ2) is 6.83. The zero-order chi connectivity index (χ0) is 16.2. The second-order valence-electron chi connectivity index (χ2n) is 6.64. The molecule has 2 fully saturated rings. The number of piperidine rings is 1. The molecular formula is C18H23N5O. The van der Waals surface area contributed by atoms with Gasteiger partial charge in [-0.05, 0) is 30.5 Å². The molecule has 0 radical (unpaired) electrons. The maximum absolute atomic E-state index is 6.22. The van der Waals surface area contributed by atoms with Crippen LogP contribution in [0.4, 0.5) is 5.95 Å². The predicted molar refractivity (Wildman–Crippen MR) is 91.7 cm³/mol. The van der Waals surface area contributed by atoms with E-state index in [4.69, 9.17) is 4.74 Å². The summed E-state index contributed by atoms with van der Waals surface area (Å²) < 4.78 is 6.22. The van der Waals surface area contributed by atoms with Gasteiger partial charge in [0.05, 0.1) is 18.8 Å². The van der Waals surface area contributed by atoms with Gasteiger partial charge in [-0.2, -0.15) is 0 Å². The van der Waals surface area contributed by atoms with Crippen molar-refractivity contribution in [3.05, 3.63) is 48.5 Å². The lowest BCUT2D eigenvalue weighted by molar-refractivity contribution is -0.0924. The topological polar surface area (TPSA) is 54.4 Å². The van der Waals surface area contributed by atoms with E-state index in [1.165, 1.54) is 5.56 Å². The Morgan fingerprint density at radius 3 is 2.62 bits per heavy atom. The van der Waals surface area contributed by atoms with Gasteiger partial charge in [-0.3, -0.25) is 9.88 Å². The smallest absolute Gasteiger partial charge is 0.225 e. The molecule has 2 saturated heterocycles. The molecule has 4 rings (SSSR count). The van der Waals surface area contributed by atoms with Gasteiger partial charge < -0.3 is 9.64 Å². The third-order valence-electron chi connectivity index (χ3n) is 4.98. The molecule has 126 valence electrons. The van der Waals surface area contributed by atoms with Crippen LogP contribution >= 0.6 is 0 Å². The Morgan fingerprint density at radius 1 is 1.04 bits per heavy atom. The van der Waals surface area contributed by atoms with E-state index in [1.807, 2.05) is 24.5 Å². The van der Waals surface area contributed by atoms with Gasteiger partial charge in [0.15, 0.2) is 0 Å². The third-order valence-corrected chi connectivity index (χ3v) is 4.98. The molecule has 0 atom stereocenters. The average Bonchev–Trinajstić information content (AvgIpc) is 2.66.